The first-order valence-corrected chi connectivity index (χ1v) is 22.5. The molecule has 3 aliphatic rings. The highest BCUT2D eigenvalue weighted by Crippen LogP contribution is 2.33. The summed E-state index contributed by atoms with van der Waals surface area (Å²) in [7, 11) is 3.97. The fourth-order valence-electron chi connectivity index (χ4n) is 8.04. The Bertz CT molecular complexity index is 3010. The Labute approximate surface area is 387 Å². The van der Waals surface area contributed by atoms with Gasteiger partial charge in [-0.1, -0.05) is 60.7 Å². The van der Waals surface area contributed by atoms with Gasteiger partial charge in [0.25, 0.3) is 0 Å². The standard InChI is InChI=1S/C24H20N4O2.C16H9ClN2O2.C8H12N2.C4H8O/c1-28(13-11-15-6-4-5-12-25-15)14-20-26-19-10-9-18-21(22(19)27-20)24(30)17-8-3-2-7-16(17)23(18)29;17-7-12-18-11-6-5-10-13(14(11)19-12)16(21)9-4-2-1-3-8(9)15(10)20;1-9-7-5-8-4-2-3-6-10-8;1-2-4-5-3-1/h2-10,12H,11,13-14H2,1H3,(H,26,27);1-6H,7H2,(H,18,19);2-4,6,9H,5,7H2,1H3;1-4H2. The van der Waals surface area contributed by atoms with Crippen molar-refractivity contribution in [1.29, 1.82) is 0 Å². The second-order valence-corrected chi connectivity index (χ2v) is 16.2. The lowest BCUT2D eigenvalue weighted by Crippen LogP contribution is -2.22. The zero-order chi connectivity index (χ0) is 46.0. The number of benzene rings is 4. The molecule has 66 heavy (non-hydrogen) atoms. The summed E-state index contributed by atoms with van der Waals surface area (Å²) in [6.07, 6.45) is 8.03. The molecule has 4 aromatic carbocycles. The van der Waals surface area contributed by atoms with E-state index in [1.807, 2.05) is 62.8 Å². The maximum Gasteiger partial charge on any atom is 0.196 e. The Morgan fingerprint density at radius 2 is 1.06 bits per heavy atom. The van der Waals surface area contributed by atoms with Gasteiger partial charge in [-0.3, -0.25) is 34.0 Å². The molecule has 2 aliphatic carbocycles. The van der Waals surface area contributed by atoms with E-state index in [1.54, 1.807) is 72.9 Å². The number of hydrogen-bond donors (Lipinski definition) is 3. The molecule has 1 fully saturated rings. The maximum atomic E-state index is 13.1. The summed E-state index contributed by atoms with van der Waals surface area (Å²) in [4.78, 5) is 77.4. The largest absolute Gasteiger partial charge is 0.381 e. The normalized spacial score (nSPS) is 13.5. The summed E-state index contributed by atoms with van der Waals surface area (Å²) in [5.74, 6) is 0.991. The summed E-state index contributed by atoms with van der Waals surface area (Å²) >= 11 is 5.78. The lowest BCUT2D eigenvalue weighted by atomic mass is 9.83. The molecular formula is C52H49ClN8O5. The number of ketones is 4. The predicted octanol–water partition coefficient (Wildman–Crippen LogP) is 8.13. The number of likely N-dealkylation sites (N-methyl/N-ethyl adjacent to an activating group) is 2. The highest BCUT2D eigenvalue weighted by molar-refractivity contribution is 6.32. The van der Waals surface area contributed by atoms with Gasteiger partial charge in [0.2, 0.25) is 0 Å². The predicted molar refractivity (Wildman–Crippen MR) is 255 cm³/mol. The summed E-state index contributed by atoms with van der Waals surface area (Å²) in [5, 5.41) is 3.08. The molecule has 0 radical (unpaired) electrons. The monoisotopic (exact) mass is 900 g/mol. The van der Waals surface area contributed by atoms with Crippen molar-refractivity contribution in [3.63, 3.8) is 0 Å². The van der Waals surface area contributed by atoms with Crippen molar-refractivity contribution >= 4 is 56.8 Å². The number of nitrogens with zero attached hydrogens (tertiary/aromatic N) is 5. The molecule has 1 saturated heterocycles. The number of nitrogens with one attached hydrogen (secondary N) is 3. The van der Waals surface area contributed by atoms with E-state index in [2.05, 4.69) is 35.1 Å². The van der Waals surface area contributed by atoms with Gasteiger partial charge in [0.05, 0.1) is 34.6 Å². The molecule has 13 nitrogen and oxygen atoms in total. The lowest BCUT2D eigenvalue weighted by molar-refractivity contribution is 0.0980. The van der Waals surface area contributed by atoms with Crippen molar-refractivity contribution in [2.24, 2.45) is 0 Å². The number of halogens is 1. The molecule has 0 atom stereocenters. The van der Waals surface area contributed by atoms with E-state index in [0.717, 1.165) is 61.9 Å². The molecule has 11 rings (SSSR count). The van der Waals surface area contributed by atoms with E-state index < -0.39 is 0 Å². The minimum Gasteiger partial charge on any atom is -0.381 e. The van der Waals surface area contributed by atoms with E-state index in [4.69, 9.17) is 21.3 Å². The van der Waals surface area contributed by atoms with E-state index >= 15 is 0 Å². The number of rotatable bonds is 9. The van der Waals surface area contributed by atoms with Crippen molar-refractivity contribution in [1.82, 2.24) is 40.1 Å². The Kier molecular flexibility index (Phi) is 14.7. The van der Waals surface area contributed by atoms with Gasteiger partial charge < -0.3 is 20.0 Å². The molecule has 0 saturated carbocycles. The molecule has 8 aromatic rings. The lowest BCUT2D eigenvalue weighted by Gasteiger charge is -2.17. The first-order valence-electron chi connectivity index (χ1n) is 21.9. The van der Waals surface area contributed by atoms with Crippen LogP contribution in [0.5, 0.6) is 0 Å². The zero-order valence-electron chi connectivity index (χ0n) is 36.8. The number of aromatic nitrogens is 6. The van der Waals surface area contributed by atoms with Crippen molar-refractivity contribution in [2.45, 2.75) is 38.1 Å². The maximum absolute atomic E-state index is 13.1. The number of carbonyl (C=O) groups is 4. The molecule has 0 spiro atoms. The highest BCUT2D eigenvalue weighted by atomic mass is 35.5. The second-order valence-electron chi connectivity index (χ2n) is 16.0. The Hall–Kier alpha value is -7.03. The number of aromatic amines is 2. The van der Waals surface area contributed by atoms with E-state index in [9.17, 15) is 19.2 Å². The topological polar surface area (TPSA) is 176 Å². The third-order valence-electron chi connectivity index (χ3n) is 11.4. The number of alkyl halides is 1. The van der Waals surface area contributed by atoms with Gasteiger partial charge in [-0.25, -0.2) is 9.97 Å². The Morgan fingerprint density at radius 1 is 0.591 bits per heavy atom. The van der Waals surface area contributed by atoms with Gasteiger partial charge in [0.1, 0.15) is 22.7 Å². The van der Waals surface area contributed by atoms with Crippen LogP contribution in [-0.4, -0.2) is 98.3 Å². The third-order valence-corrected chi connectivity index (χ3v) is 11.6. The van der Waals surface area contributed by atoms with Gasteiger partial charge in [-0.05, 0) is 75.5 Å². The van der Waals surface area contributed by atoms with Gasteiger partial charge in [0, 0.05) is 96.3 Å². The number of H-pyrrole nitrogens is 2. The zero-order valence-corrected chi connectivity index (χ0v) is 37.5. The van der Waals surface area contributed by atoms with Crippen molar-refractivity contribution in [3.05, 3.63) is 189 Å². The van der Waals surface area contributed by atoms with Crippen LogP contribution >= 0.6 is 11.6 Å². The van der Waals surface area contributed by atoms with Gasteiger partial charge >= 0.3 is 0 Å². The van der Waals surface area contributed by atoms with Crippen LogP contribution in [-0.2, 0) is 30.0 Å². The van der Waals surface area contributed by atoms with Gasteiger partial charge in [-0.15, -0.1) is 11.6 Å². The van der Waals surface area contributed by atoms with E-state index in [0.29, 0.717) is 73.4 Å². The van der Waals surface area contributed by atoms with Gasteiger partial charge in [-0.2, -0.15) is 0 Å². The third kappa shape index (κ3) is 10.1. The number of carbonyl (C=O) groups excluding carboxylic acids is 4. The molecule has 0 amide bonds. The van der Waals surface area contributed by atoms with Crippen molar-refractivity contribution in [2.75, 3.05) is 40.4 Å². The van der Waals surface area contributed by atoms with Crippen LogP contribution in [0.1, 0.15) is 99.6 Å². The number of ether oxygens (including phenoxy) is 1. The first-order chi connectivity index (χ1) is 32.2. The van der Waals surface area contributed by atoms with E-state index in [-0.39, 0.29) is 29.0 Å². The van der Waals surface area contributed by atoms with Crippen molar-refractivity contribution in [3.8, 4) is 0 Å². The van der Waals surface area contributed by atoms with Crippen LogP contribution in [0.25, 0.3) is 22.1 Å². The number of imidazole rings is 2. The molecular weight excluding hydrogens is 852 g/mol. The minimum atomic E-state index is -0.168. The fourth-order valence-corrected chi connectivity index (χ4v) is 8.17. The van der Waals surface area contributed by atoms with Crippen molar-refractivity contribution < 1.29 is 23.9 Å². The fraction of sp³-hybridized carbons (Fsp3) is 0.231. The van der Waals surface area contributed by atoms with Gasteiger partial charge in [0.15, 0.2) is 23.1 Å². The summed E-state index contributed by atoms with van der Waals surface area (Å²) in [5.41, 5.74) is 8.11. The second kappa shape index (κ2) is 21.3. The van der Waals surface area contributed by atoms with E-state index in [1.165, 1.54) is 12.8 Å². The summed E-state index contributed by atoms with van der Waals surface area (Å²) in [6.45, 7) is 4.43. The number of hydrogen-bond acceptors (Lipinski definition) is 11. The summed E-state index contributed by atoms with van der Waals surface area (Å²) in [6, 6.07) is 32.7. The Balaban J connectivity index is 0.000000141. The van der Waals surface area contributed by atoms with Crippen LogP contribution in [0.15, 0.2) is 122 Å². The smallest absolute Gasteiger partial charge is 0.196 e. The van der Waals surface area contributed by atoms with Crippen LogP contribution in [0.3, 0.4) is 0 Å². The number of pyridine rings is 2. The molecule has 5 heterocycles. The number of fused-ring (bicyclic) bond motifs is 8. The van der Waals surface area contributed by atoms with Crippen LogP contribution in [0.2, 0.25) is 0 Å². The molecule has 334 valence electrons. The SMILES string of the molecule is C1CCOC1.CN(CCc1ccccn1)Cc1nc2c3c(ccc2[nH]1)C(=O)c1ccccc1C3=O.CNCCc1ccccn1.O=C1c2ccccc2C(=O)c2c1ccc1[nH]c(CCl)nc21. The molecule has 0 bridgehead atoms. The average Bonchev–Trinajstić information content (AvgIpc) is 4.17. The first kappa shape index (κ1) is 45.5. The van der Waals surface area contributed by atoms with Crippen LogP contribution < -0.4 is 5.32 Å². The average molecular weight is 901 g/mol. The van der Waals surface area contributed by atoms with Crippen LogP contribution in [0.4, 0.5) is 0 Å². The summed E-state index contributed by atoms with van der Waals surface area (Å²) < 4.78 is 4.94. The molecule has 14 heteroatoms. The minimum absolute atomic E-state index is 0.126. The molecule has 1 aliphatic heterocycles. The van der Waals surface area contributed by atoms with Crippen LogP contribution in [0, 0.1) is 0 Å². The molecule has 4 aromatic heterocycles. The molecule has 3 N–H and O–H groups in total. The molecule has 0 unspecified atom stereocenters. The quantitative estimate of drug-likeness (QED) is 0.119. The highest BCUT2D eigenvalue weighted by Gasteiger charge is 2.33. The Morgan fingerprint density at radius 3 is 1.52 bits per heavy atom.